The lowest BCUT2D eigenvalue weighted by molar-refractivity contribution is -0.123. The lowest BCUT2D eigenvalue weighted by Gasteiger charge is -2.35. The van der Waals surface area contributed by atoms with Crippen molar-refractivity contribution >= 4 is 17.5 Å². The Hall–Kier alpha value is -2.28. The van der Waals surface area contributed by atoms with E-state index in [2.05, 4.69) is 10.2 Å². The molecule has 0 bridgehead atoms. The predicted octanol–water partition coefficient (Wildman–Crippen LogP) is 2.92. The molecule has 2 aromatic carbocycles. The van der Waals surface area contributed by atoms with Crippen LogP contribution in [0.3, 0.4) is 0 Å². The van der Waals surface area contributed by atoms with Crippen LogP contribution in [0.1, 0.15) is 11.6 Å². The first kappa shape index (κ1) is 20.5. The number of morpholine rings is 1. The van der Waals surface area contributed by atoms with Gasteiger partial charge < -0.3 is 19.5 Å². The van der Waals surface area contributed by atoms with Crippen LogP contribution in [-0.2, 0) is 9.53 Å². The summed E-state index contributed by atoms with van der Waals surface area (Å²) in [5, 5.41) is 3.56. The number of carbonyl (C=O) groups is 1. The van der Waals surface area contributed by atoms with Crippen LogP contribution >= 0.6 is 11.6 Å². The van der Waals surface area contributed by atoms with Crippen molar-refractivity contribution in [2.75, 3.05) is 46.6 Å². The number of methoxy groups -OCH3 is 1. The molecule has 0 aliphatic carbocycles. The van der Waals surface area contributed by atoms with Gasteiger partial charge in [-0.3, -0.25) is 9.69 Å². The fourth-order valence-electron chi connectivity index (χ4n) is 3.14. The van der Waals surface area contributed by atoms with Crippen molar-refractivity contribution in [2.45, 2.75) is 6.04 Å². The fourth-order valence-corrected chi connectivity index (χ4v) is 3.32. The van der Waals surface area contributed by atoms with Gasteiger partial charge in [-0.15, -0.1) is 0 Å². The molecule has 3 rings (SSSR count). The van der Waals surface area contributed by atoms with Crippen LogP contribution < -0.4 is 14.8 Å². The Morgan fingerprint density at radius 3 is 2.61 bits per heavy atom. The highest BCUT2D eigenvalue weighted by Crippen LogP contribution is 2.23. The number of rotatable bonds is 8. The van der Waals surface area contributed by atoms with Gasteiger partial charge in [0.2, 0.25) is 0 Å². The largest absolute Gasteiger partial charge is 0.497 e. The predicted molar refractivity (Wildman–Crippen MR) is 108 cm³/mol. The van der Waals surface area contributed by atoms with E-state index in [0.29, 0.717) is 30.5 Å². The third-order valence-corrected chi connectivity index (χ3v) is 4.88. The lowest BCUT2D eigenvalue weighted by Crippen LogP contribution is -2.44. The van der Waals surface area contributed by atoms with Crippen LogP contribution in [0.5, 0.6) is 11.5 Å². The van der Waals surface area contributed by atoms with Gasteiger partial charge in [0, 0.05) is 24.7 Å². The molecule has 28 heavy (non-hydrogen) atoms. The summed E-state index contributed by atoms with van der Waals surface area (Å²) in [7, 11) is 1.65. The van der Waals surface area contributed by atoms with E-state index in [1.807, 2.05) is 24.3 Å². The van der Waals surface area contributed by atoms with Gasteiger partial charge in [-0.05, 0) is 35.9 Å². The number of ether oxygens (including phenoxy) is 3. The van der Waals surface area contributed by atoms with Gasteiger partial charge in [-0.25, -0.2) is 0 Å². The SMILES string of the molecule is COc1ccc(C(CNC(=O)COc2cccc(Cl)c2)N2CCOCC2)cc1. The molecule has 6 nitrogen and oxygen atoms in total. The molecule has 7 heteroatoms. The topological polar surface area (TPSA) is 60.0 Å². The number of benzene rings is 2. The zero-order chi connectivity index (χ0) is 19.8. The summed E-state index contributed by atoms with van der Waals surface area (Å²) in [4.78, 5) is 14.6. The molecule has 1 aliphatic rings. The van der Waals surface area contributed by atoms with Crippen molar-refractivity contribution in [3.05, 3.63) is 59.1 Å². The Balaban J connectivity index is 1.59. The summed E-state index contributed by atoms with van der Waals surface area (Å²) >= 11 is 5.93. The molecule has 1 atom stereocenters. The molecule has 1 amide bonds. The third kappa shape index (κ3) is 5.86. The zero-order valence-corrected chi connectivity index (χ0v) is 16.7. The van der Waals surface area contributed by atoms with Crippen LogP contribution in [0.25, 0.3) is 0 Å². The fraction of sp³-hybridized carbons (Fsp3) is 0.381. The van der Waals surface area contributed by atoms with E-state index in [0.717, 1.165) is 24.4 Å². The Morgan fingerprint density at radius 2 is 1.93 bits per heavy atom. The first-order valence-corrected chi connectivity index (χ1v) is 9.64. The van der Waals surface area contributed by atoms with E-state index in [4.69, 9.17) is 25.8 Å². The van der Waals surface area contributed by atoms with Crippen molar-refractivity contribution < 1.29 is 19.0 Å². The van der Waals surface area contributed by atoms with Crippen molar-refractivity contribution in [3.8, 4) is 11.5 Å². The maximum Gasteiger partial charge on any atom is 0.258 e. The summed E-state index contributed by atoms with van der Waals surface area (Å²) in [6.07, 6.45) is 0. The number of nitrogens with one attached hydrogen (secondary N) is 1. The molecule has 0 radical (unpaired) electrons. The molecule has 0 saturated carbocycles. The quantitative estimate of drug-likeness (QED) is 0.733. The monoisotopic (exact) mass is 404 g/mol. The van der Waals surface area contributed by atoms with Crippen LogP contribution in [0.15, 0.2) is 48.5 Å². The van der Waals surface area contributed by atoms with E-state index in [1.165, 1.54) is 0 Å². The molecule has 0 aromatic heterocycles. The highest BCUT2D eigenvalue weighted by molar-refractivity contribution is 6.30. The van der Waals surface area contributed by atoms with Crippen molar-refractivity contribution in [1.29, 1.82) is 0 Å². The van der Waals surface area contributed by atoms with Crippen molar-refractivity contribution in [1.82, 2.24) is 10.2 Å². The number of halogens is 1. The smallest absolute Gasteiger partial charge is 0.258 e. The molecule has 1 fully saturated rings. The average molecular weight is 405 g/mol. The van der Waals surface area contributed by atoms with Gasteiger partial charge in [-0.1, -0.05) is 29.8 Å². The maximum atomic E-state index is 12.3. The summed E-state index contributed by atoms with van der Waals surface area (Å²) in [5.74, 6) is 1.21. The van der Waals surface area contributed by atoms with Crippen molar-refractivity contribution in [2.24, 2.45) is 0 Å². The highest BCUT2D eigenvalue weighted by Gasteiger charge is 2.23. The Bertz CT molecular complexity index is 763. The molecule has 1 heterocycles. The first-order chi connectivity index (χ1) is 13.7. The minimum Gasteiger partial charge on any atom is -0.497 e. The van der Waals surface area contributed by atoms with Crippen LogP contribution in [0.2, 0.25) is 5.02 Å². The number of amides is 1. The lowest BCUT2D eigenvalue weighted by atomic mass is 10.0. The summed E-state index contributed by atoms with van der Waals surface area (Å²) in [6, 6.07) is 15.0. The molecule has 1 saturated heterocycles. The van der Waals surface area contributed by atoms with Crippen LogP contribution in [0, 0.1) is 0 Å². The molecule has 0 spiro atoms. The van der Waals surface area contributed by atoms with Gasteiger partial charge in [0.1, 0.15) is 11.5 Å². The highest BCUT2D eigenvalue weighted by atomic mass is 35.5. The molecular weight excluding hydrogens is 380 g/mol. The van der Waals surface area contributed by atoms with Gasteiger partial charge in [0.25, 0.3) is 5.91 Å². The summed E-state index contributed by atoms with van der Waals surface area (Å²) < 4.78 is 16.2. The average Bonchev–Trinajstić information content (AvgIpc) is 2.74. The second kappa shape index (κ2) is 10.3. The second-order valence-electron chi connectivity index (χ2n) is 6.49. The standard InChI is InChI=1S/C21H25ClN2O4/c1-26-18-7-5-16(6-8-18)20(24-9-11-27-12-10-24)14-23-21(25)15-28-19-4-2-3-17(22)13-19/h2-8,13,20H,9-12,14-15H2,1H3,(H,23,25). The van der Waals surface area contributed by atoms with E-state index in [1.54, 1.807) is 31.4 Å². The maximum absolute atomic E-state index is 12.3. The Labute approximate surface area is 170 Å². The summed E-state index contributed by atoms with van der Waals surface area (Å²) in [5.41, 5.74) is 1.12. The zero-order valence-electron chi connectivity index (χ0n) is 15.9. The van der Waals surface area contributed by atoms with Gasteiger partial charge >= 0.3 is 0 Å². The number of hydrogen-bond acceptors (Lipinski definition) is 5. The van der Waals surface area contributed by atoms with E-state index < -0.39 is 0 Å². The minimum absolute atomic E-state index is 0.0568. The van der Waals surface area contributed by atoms with Gasteiger partial charge in [-0.2, -0.15) is 0 Å². The first-order valence-electron chi connectivity index (χ1n) is 9.26. The third-order valence-electron chi connectivity index (χ3n) is 4.65. The number of hydrogen-bond donors (Lipinski definition) is 1. The van der Waals surface area contributed by atoms with Crippen LogP contribution in [0.4, 0.5) is 0 Å². The van der Waals surface area contributed by atoms with Gasteiger partial charge in [0.15, 0.2) is 6.61 Å². The van der Waals surface area contributed by atoms with E-state index in [9.17, 15) is 4.79 Å². The molecule has 1 N–H and O–H groups in total. The van der Waals surface area contributed by atoms with Crippen LogP contribution in [-0.4, -0.2) is 57.4 Å². The molecule has 2 aromatic rings. The van der Waals surface area contributed by atoms with E-state index in [-0.39, 0.29) is 18.6 Å². The van der Waals surface area contributed by atoms with Crippen molar-refractivity contribution in [3.63, 3.8) is 0 Å². The molecule has 1 unspecified atom stereocenters. The minimum atomic E-state index is -0.174. The van der Waals surface area contributed by atoms with Gasteiger partial charge in [0.05, 0.1) is 26.4 Å². The van der Waals surface area contributed by atoms with E-state index >= 15 is 0 Å². The number of nitrogens with zero attached hydrogens (tertiary/aromatic N) is 1. The molecular formula is C21H25ClN2O4. The Kier molecular flexibility index (Phi) is 7.54. The normalized spacial score (nSPS) is 15.6. The Morgan fingerprint density at radius 1 is 1.18 bits per heavy atom. The second-order valence-corrected chi connectivity index (χ2v) is 6.92. The molecule has 150 valence electrons. The number of carbonyl (C=O) groups excluding carboxylic acids is 1. The summed E-state index contributed by atoms with van der Waals surface area (Å²) in [6.45, 7) is 3.47. The molecule has 1 aliphatic heterocycles.